The largest absolute Gasteiger partial charge is 0.330 e. The molecule has 3 nitrogen and oxygen atoms in total. The monoisotopic (exact) mass is 216 g/mol. The van der Waals surface area contributed by atoms with E-state index in [1.807, 2.05) is 37.3 Å². The third kappa shape index (κ3) is 2.85. The fourth-order valence-electron chi connectivity index (χ4n) is 1.46. The third-order valence-electron chi connectivity index (χ3n) is 2.40. The molecule has 0 saturated carbocycles. The van der Waals surface area contributed by atoms with Gasteiger partial charge in [-0.3, -0.25) is 4.79 Å². The number of nitrogens with two attached hydrogens (primary N) is 1. The Bertz CT molecular complexity index is 381. The number of nitrogens with zero attached hydrogens (tertiary/aromatic N) is 1. The number of benzene rings is 1. The summed E-state index contributed by atoms with van der Waals surface area (Å²) in [5.74, 6) is 2.32. The maximum atomic E-state index is 12.0. The average Bonchev–Trinajstić information content (AvgIpc) is 2.35. The first kappa shape index (κ1) is 12.3. The minimum absolute atomic E-state index is 0.133. The highest BCUT2D eigenvalue weighted by Crippen LogP contribution is 2.12. The van der Waals surface area contributed by atoms with Crippen LogP contribution in [0.3, 0.4) is 0 Å². The molecule has 84 valence electrons. The lowest BCUT2D eigenvalue weighted by molar-refractivity contribution is -0.131. The van der Waals surface area contributed by atoms with E-state index in [0.717, 1.165) is 5.56 Å². The molecule has 0 fully saturated rings. The van der Waals surface area contributed by atoms with Gasteiger partial charge in [-0.15, -0.1) is 6.42 Å². The fourth-order valence-corrected chi connectivity index (χ4v) is 1.46. The zero-order valence-corrected chi connectivity index (χ0v) is 9.39. The highest BCUT2D eigenvalue weighted by atomic mass is 16.2. The van der Waals surface area contributed by atoms with Gasteiger partial charge in [0.1, 0.15) is 6.04 Å². The smallest absolute Gasteiger partial charge is 0.244 e. The van der Waals surface area contributed by atoms with Gasteiger partial charge in [0.2, 0.25) is 5.91 Å². The quantitative estimate of drug-likeness (QED) is 0.768. The van der Waals surface area contributed by atoms with E-state index in [1.165, 1.54) is 0 Å². The summed E-state index contributed by atoms with van der Waals surface area (Å²) >= 11 is 0. The molecule has 1 aromatic rings. The SMILES string of the molecule is C#CCN(CC)C(=O)[C@H](N)c1ccccc1. The number of likely N-dealkylation sites (N-methyl/N-ethyl adjacent to an activating group) is 1. The van der Waals surface area contributed by atoms with Crippen molar-refractivity contribution in [3.63, 3.8) is 0 Å². The van der Waals surface area contributed by atoms with Crippen LogP contribution in [0.4, 0.5) is 0 Å². The Morgan fingerprint density at radius 1 is 1.50 bits per heavy atom. The zero-order valence-electron chi connectivity index (χ0n) is 9.39. The highest BCUT2D eigenvalue weighted by Gasteiger charge is 2.20. The van der Waals surface area contributed by atoms with Crippen LogP contribution in [-0.2, 0) is 4.79 Å². The van der Waals surface area contributed by atoms with Gasteiger partial charge in [-0.2, -0.15) is 0 Å². The maximum absolute atomic E-state index is 12.0. The van der Waals surface area contributed by atoms with Crippen molar-refractivity contribution in [3.8, 4) is 12.3 Å². The molecule has 0 aliphatic rings. The first-order valence-electron chi connectivity index (χ1n) is 5.23. The molecule has 0 bridgehead atoms. The summed E-state index contributed by atoms with van der Waals surface area (Å²) in [6, 6.07) is 8.66. The summed E-state index contributed by atoms with van der Waals surface area (Å²) in [5, 5.41) is 0. The van der Waals surface area contributed by atoms with E-state index >= 15 is 0 Å². The van der Waals surface area contributed by atoms with Gasteiger partial charge in [0.05, 0.1) is 6.54 Å². The molecule has 0 radical (unpaired) electrons. The number of terminal acetylenes is 1. The van der Waals surface area contributed by atoms with Gasteiger partial charge in [-0.25, -0.2) is 0 Å². The predicted molar refractivity (Wildman–Crippen MR) is 64.5 cm³/mol. The topological polar surface area (TPSA) is 46.3 Å². The van der Waals surface area contributed by atoms with Gasteiger partial charge in [0.25, 0.3) is 0 Å². The van der Waals surface area contributed by atoms with Crippen molar-refractivity contribution in [2.24, 2.45) is 5.73 Å². The van der Waals surface area contributed by atoms with Crippen molar-refractivity contribution in [1.29, 1.82) is 0 Å². The van der Waals surface area contributed by atoms with Crippen LogP contribution in [0.5, 0.6) is 0 Å². The number of carbonyl (C=O) groups is 1. The molecule has 1 atom stereocenters. The molecule has 0 spiro atoms. The predicted octanol–water partition coefficient (Wildman–Crippen LogP) is 1.17. The van der Waals surface area contributed by atoms with Gasteiger partial charge < -0.3 is 10.6 Å². The summed E-state index contributed by atoms with van der Waals surface area (Å²) in [5.41, 5.74) is 6.69. The molecule has 0 unspecified atom stereocenters. The lowest BCUT2D eigenvalue weighted by atomic mass is 10.1. The van der Waals surface area contributed by atoms with Crippen LogP contribution in [0.1, 0.15) is 18.5 Å². The van der Waals surface area contributed by atoms with Crippen LogP contribution < -0.4 is 5.73 Å². The summed E-state index contributed by atoms with van der Waals surface area (Å²) < 4.78 is 0. The molecule has 1 amide bonds. The zero-order chi connectivity index (χ0) is 12.0. The molecule has 1 rings (SSSR count). The number of rotatable bonds is 4. The molecule has 0 aliphatic heterocycles. The van der Waals surface area contributed by atoms with E-state index < -0.39 is 6.04 Å². The second-order valence-electron chi connectivity index (χ2n) is 3.44. The van der Waals surface area contributed by atoms with Crippen LogP contribution in [0.25, 0.3) is 0 Å². The van der Waals surface area contributed by atoms with Crippen LogP contribution in [0, 0.1) is 12.3 Å². The number of hydrogen-bond donors (Lipinski definition) is 1. The number of hydrogen-bond acceptors (Lipinski definition) is 2. The maximum Gasteiger partial charge on any atom is 0.244 e. The Balaban J connectivity index is 2.78. The molecule has 0 saturated heterocycles. The summed E-state index contributed by atoms with van der Waals surface area (Å²) in [4.78, 5) is 13.5. The third-order valence-corrected chi connectivity index (χ3v) is 2.40. The molecule has 0 heterocycles. The van der Waals surface area contributed by atoms with E-state index in [2.05, 4.69) is 5.92 Å². The van der Waals surface area contributed by atoms with Crippen molar-refractivity contribution >= 4 is 5.91 Å². The van der Waals surface area contributed by atoms with Gasteiger partial charge in [0, 0.05) is 6.54 Å². The molecule has 0 aliphatic carbocycles. The Morgan fingerprint density at radius 2 is 2.12 bits per heavy atom. The van der Waals surface area contributed by atoms with Crippen LogP contribution in [0.2, 0.25) is 0 Å². The lowest BCUT2D eigenvalue weighted by Crippen LogP contribution is -2.38. The number of amides is 1. The Morgan fingerprint density at radius 3 is 2.62 bits per heavy atom. The average molecular weight is 216 g/mol. The number of carbonyl (C=O) groups excluding carboxylic acids is 1. The van der Waals surface area contributed by atoms with Crippen molar-refractivity contribution in [3.05, 3.63) is 35.9 Å². The second-order valence-corrected chi connectivity index (χ2v) is 3.44. The van der Waals surface area contributed by atoms with E-state index in [-0.39, 0.29) is 5.91 Å². The van der Waals surface area contributed by atoms with Gasteiger partial charge in [0.15, 0.2) is 0 Å². The summed E-state index contributed by atoms with van der Waals surface area (Å²) in [6.45, 7) is 2.76. The lowest BCUT2D eigenvalue weighted by Gasteiger charge is -2.22. The minimum atomic E-state index is -0.630. The molecule has 2 N–H and O–H groups in total. The van der Waals surface area contributed by atoms with Gasteiger partial charge >= 0.3 is 0 Å². The first-order chi connectivity index (χ1) is 7.70. The van der Waals surface area contributed by atoms with Gasteiger partial charge in [-0.1, -0.05) is 36.3 Å². The second kappa shape index (κ2) is 5.94. The molecule has 0 aromatic heterocycles. The Labute approximate surface area is 96.2 Å². The minimum Gasteiger partial charge on any atom is -0.330 e. The Kier molecular flexibility index (Phi) is 4.56. The highest BCUT2D eigenvalue weighted by molar-refractivity contribution is 5.83. The summed E-state index contributed by atoms with van der Waals surface area (Å²) in [7, 11) is 0. The van der Waals surface area contributed by atoms with Crippen LogP contribution >= 0.6 is 0 Å². The van der Waals surface area contributed by atoms with E-state index in [4.69, 9.17) is 12.2 Å². The van der Waals surface area contributed by atoms with Crippen LogP contribution in [-0.4, -0.2) is 23.9 Å². The van der Waals surface area contributed by atoms with E-state index in [1.54, 1.807) is 4.90 Å². The van der Waals surface area contributed by atoms with Crippen LogP contribution in [0.15, 0.2) is 30.3 Å². The molecular formula is C13H16N2O. The molecule has 16 heavy (non-hydrogen) atoms. The van der Waals surface area contributed by atoms with Crippen molar-refractivity contribution in [2.75, 3.05) is 13.1 Å². The molecule has 3 heteroatoms. The normalized spacial score (nSPS) is 11.6. The van der Waals surface area contributed by atoms with Crippen molar-refractivity contribution < 1.29 is 4.79 Å². The Hall–Kier alpha value is -1.79. The molecule has 1 aromatic carbocycles. The van der Waals surface area contributed by atoms with E-state index in [0.29, 0.717) is 13.1 Å². The van der Waals surface area contributed by atoms with Gasteiger partial charge in [-0.05, 0) is 12.5 Å². The summed E-state index contributed by atoms with van der Waals surface area (Å²) in [6.07, 6.45) is 5.20. The van der Waals surface area contributed by atoms with Crippen molar-refractivity contribution in [1.82, 2.24) is 4.90 Å². The van der Waals surface area contributed by atoms with E-state index in [9.17, 15) is 4.79 Å². The fraction of sp³-hybridized carbons (Fsp3) is 0.308. The first-order valence-corrected chi connectivity index (χ1v) is 5.23. The molecular weight excluding hydrogens is 200 g/mol. The van der Waals surface area contributed by atoms with Crippen molar-refractivity contribution in [2.45, 2.75) is 13.0 Å². The standard InChI is InChI=1S/C13H16N2O/c1-3-10-15(4-2)13(16)12(14)11-8-6-5-7-9-11/h1,5-9,12H,4,10,14H2,2H3/t12-/m1/s1.